The predicted molar refractivity (Wildman–Crippen MR) is 70.0 cm³/mol. The standard InChI is InChI=1S/C12H14ClNO2.ClH/c13-10-4-2-9(3-5-10)8-12(11(15)16)6-1-7-14-12;/h2-5,14H,1,6-8H2,(H,15,16);1H. The highest BCUT2D eigenvalue weighted by Crippen LogP contribution is 2.25. The van der Waals surface area contributed by atoms with Gasteiger partial charge >= 0.3 is 5.97 Å². The van der Waals surface area contributed by atoms with Crippen molar-refractivity contribution < 1.29 is 9.90 Å². The Bertz CT molecular complexity index is 386. The molecule has 2 N–H and O–H groups in total. The molecule has 1 aromatic carbocycles. The Labute approximate surface area is 112 Å². The minimum absolute atomic E-state index is 0. The molecule has 1 atom stereocenters. The van der Waals surface area contributed by atoms with Gasteiger partial charge in [0.25, 0.3) is 0 Å². The highest BCUT2D eigenvalue weighted by molar-refractivity contribution is 6.30. The number of aliphatic carboxylic acids is 1. The maximum atomic E-state index is 11.3. The third-order valence-corrected chi connectivity index (χ3v) is 3.32. The van der Waals surface area contributed by atoms with Crippen molar-refractivity contribution in [3.8, 4) is 0 Å². The molecule has 0 bridgehead atoms. The first-order valence-electron chi connectivity index (χ1n) is 5.35. The Morgan fingerprint density at radius 1 is 1.41 bits per heavy atom. The minimum Gasteiger partial charge on any atom is -0.480 e. The fourth-order valence-electron chi connectivity index (χ4n) is 2.17. The van der Waals surface area contributed by atoms with Crippen LogP contribution in [0.25, 0.3) is 0 Å². The number of hydrogen-bond donors (Lipinski definition) is 2. The van der Waals surface area contributed by atoms with Gasteiger partial charge in [-0.15, -0.1) is 12.4 Å². The minimum atomic E-state index is -0.784. The van der Waals surface area contributed by atoms with Gasteiger partial charge < -0.3 is 10.4 Å². The second-order valence-corrected chi connectivity index (χ2v) is 4.66. The van der Waals surface area contributed by atoms with Gasteiger partial charge in [-0.1, -0.05) is 23.7 Å². The molecule has 17 heavy (non-hydrogen) atoms. The average Bonchev–Trinajstić information content (AvgIpc) is 2.71. The van der Waals surface area contributed by atoms with Crippen molar-refractivity contribution in [3.63, 3.8) is 0 Å². The van der Waals surface area contributed by atoms with Crippen molar-refractivity contribution in [3.05, 3.63) is 34.9 Å². The third-order valence-electron chi connectivity index (χ3n) is 3.07. The number of nitrogens with one attached hydrogen (secondary N) is 1. The van der Waals surface area contributed by atoms with Crippen LogP contribution in [0.3, 0.4) is 0 Å². The van der Waals surface area contributed by atoms with Crippen molar-refractivity contribution in [2.24, 2.45) is 0 Å². The number of carboxylic acids is 1. The van der Waals surface area contributed by atoms with Crippen LogP contribution in [-0.2, 0) is 11.2 Å². The molecule has 1 aliphatic rings. The zero-order valence-corrected chi connectivity index (χ0v) is 10.9. The summed E-state index contributed by atoms with van der Waals surface area (Å²) < 4.78 is 0. The zero-order chi connectivity index (χ0) is 11.6. The lowest BCUT2D eigenvalue weighted by atomic mass is 9.89. The SMILES string of the molecule is Cl.O=C(O)C1(Cc2ccc(Cl)cc2)CCCN1. The number of halogens is 2. The molecule has 3 nitrogen and oxygen atoms in total. The van der Waals surface area contributed by atoms with E-state index in [9.17, 15) is 9.90 Å². The van der Waals surface area contributed by atoms with E-state index >= 15 is 0 Å². The van der Waals surface area contributed by atoms with Crippen molar-refractivity contribution in [2.45, 2.75) is 24.8 Å². The van der Waals surface area contributed by atoms with Gasteiger partial charge in [-0.25, -0.2) is 0 Å². The Kier molecular flexibility index (Phi) is 4.80. The van der Waals surface area contributed by atoms with Gasteiger partial charge in [0.2, 0.25) is 0 Å². The summed E-state index contributed by atoms with van der Waals surface area (Å²) in [5.41, 5.74) is 0.217. The molecular weight excluding hydrogens is 261 g/mol. The molecule has 1 saturated heterocycles. The first kappa shape index (κ1) is 14.3. The summed E-state index contributed by atoms with van der Waals surface area (Å²) in [6, 6.07) is 7.35. The molecule has 1 aromatic rings. The van der Waals surface area contributed by atoms with Crippen molar-refractivity contribution in [1.29, 1.82) is 0 Å². The van der Waals surface area contributed by atoms with Crippen LogP contribution < -0.4 is 5.32 Å². The molecule has 94 valence electrons. The lowest BCUT2D eigenvalue weighted by Gasteiger charge is -2.24. The topological polar surface area (TPSA) is 49.3 Å². The fourth-order valence-corrected chi connectivity index (χ4v) is 2.29. The molecule has 1 heterocycles. The van der Waals surface area contributed by atoms with Crippen LogP contribution >= 0.6 is 24.0 Å². The van der Waals surface area contributed by atoms with Crippen molar-refractivity contribution in [2.75, 3.05) is 6.54 Å². The average molecular weight is 276 g/mol. The van der Waals surface area contributed by atoms with Gasteiger partial charge in [-0.05, 0) is 37.1 Å². The summed E-state index contributed by atoms with van der Waals surface area (Å²) >= 11 is 5.79. The number of hydrogen-bond acceptors (Lipinski definition) is 2. The first-order valence-corrected chi connectivity index (χ1v) is 5.73. The smallest absolute Gasteiger partial charge is 0.324 e. The lowest BCUT2D eigenvalue weighted by molar-refractivity contribution is -0.144. The number of benzene rings is 1. The monoisotopic (exact) mass is 275 g/mol. The van der Waals surface area contributed by atoms with E-state index in [1.54, 1.807) is 12.1 Å². The molecule has 5 heteroatoms. The lowest BCUT2D eigenvalue weighted by Crippen LogP contribution is -2.49. The van der Waals surface area contributed by atoms with Gasteiger partial charge in [0.05, 0.1) is 0 Å². The van der Waals surface area contributed by atoms with Gasteiger partial charge in [0.15, 0.2) is 0 Å². The summed E-state index contributed by atoms with van der Waals surface area (Å²) in [7, 11) is 0. The van der Waals surface area contributed by atoms with Gasteiger partial charge in [0, 0.05) is 11.4 Å². The molecule has 0 radical (unpaired) electrons. The van der Waals surface area contributed by atoms with E-state index in [0.29, 0.717) is 17.9 Å². The molecule has 0 aliphatic carbocycles. The number of carbonyl (C=O) groups is 1. The molecular formula is C12H15Cl2NO2. The molecule has 0 spiro atoms. The quantitative estimate of drug-likeness (QED) is 0.891. The molecule has 0 aromatic heterocycles. The van der Waals surface area contributed by atoms with Crippen LogP contribution in [0.5, 0.6) is 0 Å². The largest absolute Gasteiger partial charge is 0.480 e. The molecule has 0 saturated carbocycles. The second kappa shape index (κ2) is 5.71. The van der Waals surface area contributed by atoms with Gasteiger partial charge in [-0.3, -0.25) is 4.79 Å². The maximum Gasteiger partial charge on any atom is 0.324 e. The van der Waals surface area contributed by atoms with Crippen LogP contribution in [0.1, 0.15) is 18.4 Å². The molecule has 1 aliphatic heterocycles. The van der Waals surface area contributed by atoms with E-state index in [0.717, 1.165) is 18.5 Å². The Morgan fingerprint density at radius 2 is 2.06 bits per heavy atom. The second-order valence-electron chi connectivity index (χ2n) is 4.22. The Balaban J connectivity index is 0.00000144. The van der Waals surface area contributed by atoms with Crippen molar-refractivity contribution >= 4 is 30.0 Å². The van der Waals surface area contributed by atoms with Crippen molar-refractivity contribution in [1.82, 2.24) is 5.32 Å². The normalized spacial score (nSPS) is 23.1. The van der Waals surface area contributed by atoms with Crippen LogP contribution in [0.2, 0.25) is 5.02 Å². The molecule has 2 rings (SSSR count). The van der Waals surface area contributed by atoms with Crippen LogP contribution in [0, 0.1) is 0 Å². The van der Waals surface area contributed by atoms with Crippen LogP contribution in [-0.4, -0.2) is 23.2 Å². The summed E-state index contributed by atoms with van der Waals surface area (Å²) in [4.78, 5) is 11.3. The zero-order valence-electron chi connectivity index (χ0n) is 9.28. The Morgan fingerprint density at radius 3 is 2.53 bits per heavy atom. The first-order chi connectivity index (χ1) is 7.62. The summed E-state index contributed by atoms with van der Waals surface area (Å²) in [6.07, 6.45) is 2.12. The highest BCUT2D eigenvalue weighted by Gasteiger charge is 2.40. The predicted octanol–water partition coefficient (Wildman–Crippen LogP) is 2.51. The third kappa shape index (κ3) is 3.12. The van der Waals surface area contributed by atoms with E-state index in [1.165, 1.54) is 0 Å². The van der Waals surface area contributed by atoms with Gasteiger partial charge in [-0.2, -0.15) is 0 Å². The summed E-state index contributed by atoms with van der Waals surface area (Å²) in [5, 5.41) is 13.1. The van der Waals surface area contributed by atoms with E-state index < -0.39 is 11.5 Å². The number of rotatable bonds is 3. The van der Waals surface area contributed by atoms with Gasteiger partial charge in [0.1, 0.15) is 5.54 Å². The fraction of sp³-hybridized carbons (Fsp3) is 0.417. The molecule has 1 unspecified atom stereocenters. The molecule has 1 fully saturated rings. The maximum absolute atomic E-state index is 11.3. The van der Waals surface area contributed by atoms with Crippen LogP contribution in [0.15, 0.2) is 24.3 Å². The molecule has 0 amide bonds. The summed E-state index contributed by atoms with van der Waals surface area (Å²) in [6.45, 7) is 0.778. The van der Waals surface area contributed by atoms with Crippen LogP contribution in [0.4, 0.5) is 0 Å². The van der Waals surface area contributed by atoms with E-state index in [-0.39, 0.29) is 12.4 Å². The summed E-state index contributed by atoms with van der Waals surface area (Å²) in [5.74, 6) is -0.764. The van der Waals surface area contributed by atoms with E-state index in [1.807, 2.05) is 12.1 Å². The highest BCUT2D eigenvalue weighted by atomic mass is 35.5. The van der Waals surface area contributed by atoms with E-state index in [4.69, 9.17) is 11.6 Å². The Hall–Kier alpha value is -0.770. The van der Waals surface area contributed by atoms with E-state index in [2.05, 4.69) is 5.32 Å². The number of carboxylic acid groups (broad SMARTS) is 1.